The Kier molecular flexibility index (Phi) is 6.89. The van der Waals surface area contributed by atoms with Gasteiger partial charge in [-0.3, -0.25) is 9.59 Å². The maximum Gasteiger partial charge on any atom is 0.259 e. The second-order valence-corrected chi connectivity index (χ2v) is 7.47. The standard InChI is InChI=1S/C28H24N2O4/c1-33-25-18-24(26(34-2)17-23(25)27(31)19-9-5-3-6-10-19)28(32)30-22-15-13-21(14-16-22)29-20-11-7-4-8-12-20/h3-18,29H,1-2H3,(H,30,32). The van der Waals surface area contributed by atoms with Crippen molar-refractivity contribution in [3.05, 3.63) is 114 Å². The lowest BCUT2D eigenvalue weighted by Crippen LogP contribution is -2.15. The first-order valence-corrected chi connectivity index (χ1v) is 10.7. The van der Waals surface area contributed by atoms with Gasteiger partial charge in [-0.2, -0.15) is 0 Å². The molecule has 4 aromatic carbocycles. The van der Waals surface area contributed by atoms with Gasteiger partial charge >= 0.3 is 0 Å². The maximum absolute atomic E-state index is 13.0. The Balaban J connectivity index is 1.55. The van der Waals surface area contributed by atoms with Crippen molar-refractivity contribution in [3.63, 3.8) is 0 Å². The summed E-state index contributed by atoms with van der Waals surface area (Å²) in [6.07, 6.45) is 0. The van der Waals surface area contributed by atoms with E-state index in [1.54, 1.807) is 36.4 Å². The molecule has 0 unspecified atom stereocenters. The van der Waals surface area contributed by atoms with E-state index >= 15 is 0 Å². The number of rotatable bonds is 8. The topological polar surface area (TPSA) is 76.7 Å². The highest BCUT2D eigenvalue weighted by atomic mass is 16.5. The molecule has 0 aromatic heterocycles. The predicted molar refractivity (Wildman–Crippen MR) is 134 cm³/mol. The summed E-state index contributed by atoms with van der Waals surface area (Å²) >= 11 is 0. The molecule has 0 fully saturated rings. The van der Waals surface area contributed by atoms with E-state index in [1.165, 1.54) is 26.4 Å². The van der Waals surface area contributed by atoms with Crippen LogP contribution in [-0.4, -0.2) is 25.9 Å². The van der Waals surface area contributed by atoms with Gasteiger partial charge in [-0.1, -0.05) is 48.5 Å². The van der Waals surface area contributed by atoms with Crippen molar-refractivity contribution >= 4 is 28.8 Å². The smallest absolute Gasteiger partial charge is 0.259 e. The molecule has 2 N–H and O–H groups in total. The fraction of sp³-hybridized carbons (Fsp3) is 0.0714. The molecule has 0 atom stereocenters. The number of methoxy groups -OCH3 is 2. The lowest BCUT2D eigenvalue weighted by atomic mass is 9.99. The second-order valence-electron chi connectivity index (χ2n) is 7.47. The van der Waals surface area contributed by atoms with Crippen LogP contribution < -0.4 is 20.1 Å². The fourth-order valence-electron chi connectivity index (χ4n) is 3.52. The van der Waals surface area contributed by atoms with E-state index in [0.29, 0.717) is 22.6 Å². The van der Waals surface area contributed by atoms with Crippen LogP contribution in [0.3, 0.4) is 0 Å². The summed E-state index contributed by atoms with van der Waals surface area (Å²) in [7, 11) is 2.92. The predicted octanol–water partition coefficient (Wildman–Crippen LogP) is 5.93. The third-order valence-electron chi connectivity index (χ3n) is 5.25. The third kappa shape index (κ3) is 5.07. The maximum atomic E-state index is 13.0. The average Bonchev–Trinajstić information content (AvgIpc) is 2.89. The van der Waals surface area contributed by atoms with Gasteiger partial charge in [-0.05, 0) is 48.5 Å². The number of benzene rings is 4. The van der Waals surface area contributed by atoms with E-state index in [2.05, 4.69) is 10.6 Å². The Hall–Kier alpha value is -4.58. The summed E-state index contributed by atoms with van der Waals surface area (Å²) in [5.74, 6) is -0.0241. The van der Waals surface area contributed by atoms with Crippen molar-refractivity contribution in [2.45, 2.75) is 0 Å². The fourth-order valence-corrected chi connectivity index (χ4v) is 3.52. The van der Waals surface area contributed by atoms with Gasteiger partial charge in [-0.25, -0.2) is 0 Å². The Morgan fingerprint density at radius 1 is 0.618 bits per heavy atom. The highest BCUT2D eigenvalue weighted by Gasteiger charge is 2.22. The summed E-state index contributed by atoms with van der Waals surface area (Å²) in [6, 6.07) is 29.1. The largest absolute Gasteiger partial charge is 0.496 e. The molecule has 0 heterocycles. The summed E-state index contributed by atoms with van der Waals surface area (Å²) < 4.78 is 10.9. The highest BCUT2D eigenvalue weighted by molar-refractivity contribution is 6.13. The van der Waals surface area contributed by atoms with E-state index in [-0.39, 0.29) is 23.0 Å². The zero-order chi connectivity index (χ0) is 23.9. The molecule has 170 valence electrons. The van der Waals surface area contributed by atoms with Crippen LogP contribution in [0.2, 0.25) is 0 Å². The number of hydrogen-bond acceptors (Lipinski definition) is 5. The SMILES string of the molecule is COc1cc(C(=O)c2ccccc2)c(OC)cc1C(=O)Nc1ccc(Nc2ccccc2)cc1. The number of anilines is 3. The van der Waals surface area contributed by atoms with E-state index in [1.807, 2.05) is 48.5 Å². The van der Waals surface area contributed by atoms with Gasteiger partial charge in [0.1, 0.15) is 11.5 Å². The molecule has 0 aliphatic carbocycles. The lowest BCUT2D eigenvalue weighted by Gasteiger charge is -2.15. The molecular formula is C28H24N2O4. The van der Waals surface area contributed by atoms with Gasteiger partial charge in [-0.15, -0.1) is 0 Å². The van der Waals surface area contributed by atoms with Crippen LogP contribution in [0.1, 0.15) is 26.3 Å². The summed E-state index contributed by atoms with van der Waals surface area (Å²) in [5.41, 5.74) is 3.58. The van der Waals surface area contributed by atoms with Gasteiger partial charge in [0, 0.05) is 22.6 Å². The molecule has 0 radical (unpaired) electrons. The van der Waals surface area contributed by atoms with Gasteiger partial charge in [0.05, 0.1) is 25.3 Å². The zero-order valence-corrected chi connectivity index (χ0v) is 18.9. The number of ketones is 1. The lowest BCUT2D eigenvalue weighted by molar-refractivity contribution is 0.101. The minimum Gasteiger partial charge on any atom is -0.496 e. The Morgan fingerprint density at radius 3 is 1.74 bits per heavy atom. The van der Waals surface area contributed by atoms with E-state index < -0.39 is 0 Å². The molecule has 4 rings (SSSR count). The molecular weight excluding hydrogens is 428 g/mol. The van der Waals surface area contributed by atoms with Crippen LogP contribution >= 0.6 is 0 Å². The van der Waals surface area contributed by atoms with Crippen LogP contribution in [0.5, 0.6) is 11.5 Å². The van der Waals surface area contributed by atoms with Crippen molar-refractivity contribution < 1.29 is 19.1 Å². The number of para-hydroxylation sites is 1. The minimum absolute atomic E-state index is 0.218. The van der Waals surface area contributed by atoms with Crippen molar-refractivity contribution in [1.29, 1.82) is 0 Å². The first-order valence-electron chi connectivity index (χ1n) is 10.7. The molecule has 4 aromatic rings. The second kappa shape index (κ2) is 10.4. The summed E-state index contributed by atoms with van der Waals surface area (Å²) in [4.78, 5) is 26.0. The summed E-state index contributed by atoms with van der Waals surface area (Å²) in [6.45, 7) is 0. The van der Waals surface area contributed by atoms with Crippen LogP contribution in [-0.2, 0) is 0 Å². The molecule has 6 heteroatoms. The number of hydrogen-bond donors (Lipinski definition) is 2. The van der Waals surface area contributed by atoms with Gasteiger partial charge in [0.15, 0.2) is 5.78 Å². The molecule has 1 amide bonds. The van der Waals surface area contributed by atoms with Crippen LogP contribution in [0.25, 0.3) is 0 Å². The zero-order valence-electron chi connectivity index (χ0n) is 18.9. The van der Waals surface area contributed by atoms with Crippen molar-refractivity contribution in [3.8, 4) is 11.5 Å². The molecule has 0 aliphatic heterocycles. The molecule has 0 bridgehead atoms. The first kappa shape index (κ1) is 22.6. The molecule has 0 aliphatic rings. The number of nitrogens with one attached hydrogen (secondary N) is 2. The Bertz CT molecular complexity index is 1290. The molecule has 0 saturated heterocycles. The normalized spacial score (nSPS) is 10.3. The Morgan fingerprint density at radius 2 is 1.12 bits per heavy atom. The molecule has 34 heavy (non-hydrogen) atoms. The van der Waals surface area contributed by atoms with E-state index in [9.17, 15) is 9.59 Å². The molecule has 0 saturated carbocycles. The minimum atomic E-state index is -0.377. The number of carbonyl (C=O) groups is 2. The van der Waals surface area contributed by atoms with Crippen LogP contribution in [0.15, 0.2) is 97.1 Å². The average molecular weight is 453 g/mol. The third-order valence-corrected chi connectivity index (χ3v) is 5.25. The highest BCUT2D eigenvalue weighted by Crippen LogP contribution is 2.31. The molecule has 0 spiro atoms. The first-order chi connectivity index (χ1) is 16.6. The Labute approximate surface area is 198 Å². The van der Waals surface area contributed by atoms with E-state index in [4.69, 9.17) is 9.47 Å². The van der Waals surface area contributed by atoms with Crippen LogP contribution in [0.4, 0.5) is 17.1 Å². The molecule has 6 nitrogen and oxygen atoms in total. The number of amides is 1. The quantitative estimate of drug-likeness (QED) is 0.324. The van der Waals surface area contributed by atoms with Gasteiger partial charge in [0.2, 0.25) is 0 Å². The van der Waals surface area contributed by atoms with Crippen LogP contribution in [0, 0.1) is 0 Å². The van der Waals surface area contributed by atoms with E-state index in [0.717, 1.165) is 11.4 Å². The van der Waals surface area contributed by atoms with Gasteiger partial charge in [0.25, 0.3) is 5.91 Å². The van der Waals surface area contributed by atoms with Crippen molar-refractivity contribution in [1.82, 2.24) is 0 Å². The van der Waals surface area contributed by atoms with Crippen molar-refractivity contribution in [2.24, 2.45) is 0 Å². The number of ether oxygens (including phenoxy) is 2. The van der Waals surface area contributed by atoms with Crippen molar-refractivity contribution in [2.75, 3.05) is 24.9 Å². The monoisotopic (exact) mass is 452 g/mol. The van der Waals surface area contributed by atoms with Gasteiger partial charge < -0.3 is 20.1 Å². The number of carbonyl (C=O) groups excluding carboxylic acids is 2. The summed E-state index contributed by atoms with van der Waals surface area (Å²) in [5, 5.41) is 6.17.